The van der Waals surface area contributed by atoms with Gasteiger partial charge in [0.2, 0.25) is 0 Å². The second kappa shape index (κ2) is 5.24. The van der Waals surface area contributed by atoms with Crippen LogP contribution in [0, 0.1) is 5.92 Å². The van der Waals surface area contributed by atoms with Gasteiger partial charge in [-0.3, -0.25) is 0 Å². The third kappa shape index (κ3) is 3.42. The van der Waals surface area contributed by atoms with Gasteiger partial charge >= 0.3 is 0 Å². The second-order valence-electron chi connectivity index (χ2n) is 6.41. The van der Waals surface area contributed by atoms with Gasteiger partial charge in [-0.05, 0) is 49.9 Å². The summed E-state index contributed by atoms with van der Waals surface area (Å²) in [5.74, 6) is 0.278. The van der Waals surface area contributed by atoms with Crippen molar-refractivity contribution >= 4 is 22.6 Å². The molecule has 0 spiro atoms. The lowest BCUT2D eigenvalue weighted by Gasteiger charge is -2.43. The zero-order valence-corrected chi connectivity index (χ0v) is 12.4. The summed E-state index contributed by atoms with van der Waals surface area (Å²) >= 11 is 0. The molecule has 1 aliphatic heterocycles. The molecule has 0 amide bonds. The molecule has 96 valence electrons. The fraction of sp³-hybridized carbons (Fsp3) is 0.917. The van der Waals surface area contributed by atoms with Gasteiger partial charge in [0.05, 0.1) is 6.04 Å². The first-order valence-corrected chi connectivity index (χ1v) is 9.33. The smallest absolute Gasteiger partial charge is 0.188 e. The van der Waals surface area contributed by atoms with Crippen LogP contribution in [0.25, 0.3) is 0 Å². The Morgan fingerprint density at radius 1 is 1.53 bits per heavy atom. The molecule has 0 aliphatic carbocycles. The first-order valence-electron chi connectivity index (χ1n) is 6.38. The van der Waals surface area contributed by atoms with E-state index in [4.69, 9.17) is 7.98 Å². The zero-order chi connectivity index (χ0) is 13.3. The number of piperidine rings is 1. The van der Waals surface area contributed by atoms with E-state index in [0.29, 0.717) is 0 Å². The molecule has 0 aromatic heterocycles. The average molecular weight is 253 g/mol. The number of hydrogen-bond acceptors (Lipinski definition) is 3. The largest absolute Gasteiger partial charge is 0.432 e. The molecular formula is C12H24BNO2Si. The lowest BCUT2D eigenvalue weighted by molar-refractivity contribution is -0.113. The van der Waals surface area contributed by atoms with Gasteiger partial charge < -0.3 is 14.4 Å². The number of carbonyl (C=O) groups is 1. The molecule has 2 atom stereocenters. The Labute approximate surface area is 107 Å². The number of nitrogens with zero attached hydrogens (tertiary/aromatic N) is 1. The van der Waals surface area contributed by atoms with E-state index in [1.165, 1.54) is 0 Å². The monoisotopic (exact) mass is 253 g/mol. The molecule has 0 aromatic carbocycles. The van der Waals surface area contributed by atoms with Crippen LogP contribution in [0.5, 0.6) is 0 Å². The normalized spacial score (nSPS) is 28.1. The summed E-state index contributed by atoms with van der Waals surface area (Å²) in [6.07, 6.45) is 3.91. The van der Waals surface area contributed by atoms with Crippen molar-refractivity contribution in [2.75, 3.05) is 6.54 Å². The zero-order valence-electron chi connectivity index (χ0n) is 11.4. The Morgan fingerprint density at radius 2 is 2.12 bits per heavy atom. The van der Waals surface area contributed by atoms with Gasteiger partial charge in [0.1, 0.15) is 6.29 Å². The molecule has 1 rings (SSSR count). The fourth-order valence-electron chi connectivity index (χ4n) is 2.44. The van der Waals surface area contributed by atoms with Crippen molar-refractivity contribution < 1.29 is 9.59 Å². The Morgan fingerprint density at radius 3 is 2.59 bits per heavy atom. The van der Waals surface area contributed by atoms with Gasteiger partial charge in [0.25, 0.3) is 0 Å². The van der Waals surface area contributed by atoms with E-state index in [0.717, 1.165) is 32.1 Å². The summed E-state index contributed by atoms with van der Waals surface area (Å²) < 4.78 is 0. The maximum absolute atomic E-state index is 11.1. The van der Waals surface area contributed by atoms with Crippen LogP contribution in [-0.4, -0.2) is 44.8 Å². The SMILES string of the molecule is [B]N1CCCC(CC(C)(C)[Si](C)(C)O)C1C=O. The Balaban J connectivity index is 2.75. The van der Waals surface area contributed by atoms with Crippen LogP contribution in [0.15, 0.2) is 0 Å². The molecule has 2 unspecified atom stereocenters. The van der Waals surface area contributed by atoms with Crippen LogP contribution < -0.4 is 0 Å². The third-order valence-corrected chi connectivity index (χ3v) is 7.94. The molecule has 1 N–H and O–H groups in total. The third-order valence-electron chi connectivity index (χ3n) is 4.43. The van der Waals surface area contributed by atoms with Gasteiger partial charge in [-0.15, -0.1) is 0 Å². The van der Waals surface area contributed by atoms with Gasteiger partial charge in [0, 0.05) is 0 Å². The lowest BCUT2D eigenvalue weighted by atomic mass is 9.82. The minimum absolute atomic E-state index is 0.0862. The van der Waals surface area contributed by atoms with Crippen LogP contribution in [0.1, 0.15) is 33.1 Å². The standard InChI is InChI=1S/C12H24BNO2Si/c1-12(2,17(3,4)16)8-10-6-5-7-14(13)11(10)9-15/h9-11,16H,5-8H2,1-4H3. The van der Waals surface area contributed by atoms with E-state index in [1.54, 1.807) is 4.81 Å². The molecule has 5 heteroatoms. The van der Waals surface area contributed by atoms with Crippen molar-refractivity contribution in [3.8, 4) is 0 Å². The second-order valence-corrected chi connectivity index (χ2v) is 10.9. The summed E-state index contributed by atoms with van der Waals surface area (Å²) in [5.41, 5.74) is 0. The molecule has 1 fully saturated rings. The summed E-state index contributed by atoms with van der Waals surface area (Å²) in [6.45, 7) is 8.94. The van der Waals surface area contributed by atoms with Crippen molar-refractivity contribution in [3.05, 3.63) is 0 Å². The number of rotatable bonds is 4. The maximum Gasteiger partial charge on any atom is 0.188 e. The maximum atomic E-state index is 11.1. The van der Waals surface area contributed by atoms with Crippen LogP contribution in [0.3, 0.4) is 0 Å². The summed E-state index contributed by atoms with van der Waals surface area (Å²) in [5, 5.41) is -0.0862. The highest BCUT2D eigenvalue weighted by molar-refractivity contribution is 6.72. The van der Waals surface area contributed by atoms with Crippen LogP contribution in [0.4, 0.5) is 0 Å². The van der Waals surface area contributed by atoms with Gasteiger partial charge in [0.15, 0.2) is 16.3 Å². The molecule has 17 heavy (non-hydrogen) atoms. The highest BCUT2D eigenvalue weighted by Gasteiger charge is 2.42. The highest BCUT2D eigenvalue weighted by Crippen LogP contribution is 2.44. The summed E-state index contributed by atoms with van der Waals surface area (Å²) in [6, 6.07) is -0.181. The van der Waals surface area contributed by atoms with Crippen molar-refractivity contribution in [2.24, 2.45) is 5.92 Å². The van der Waals surface area contributed by atoms with E-state index in [2.05, 4.69) is 13.8 Å². The Kier molecular flexibility index (Phi) is 4.61. The topological polar surface area (TPSA) is 40.5 Å². The fourth-order valence-corrected chi connectivity index (χ4v) is 3.21. The van der Waals surface area contributed by atoms with Crippen LogP contribution >= 0.6 is 0 Å². The molecule has 1 saturated heterocycles. The summed E-state index contributed by atoms with van der Waals surface area (Å²) in [4.78, 5) is 23.1. The predicted molar refractivity (Wildman–Crippen MR) is 73.4 cm³/mol. The average Bonchev–Trinajstić information content (AvgIpc) is 2.15. The molecule has 1 aliphatic rings. The minimum atomic E-state index is -2.21. The molecule has 3 nitrogen and oxygen atoms in total. The first kappa shape index (κ1) is 14.9. The van der Waals surface area contributed by atoms with Gasteiger partial charge in [-0.2, -0.15) is 0 Å². The van der Waals surface area contributed by atoms with E-state index in [-0.39, 0.29) is 17.0 Å². The molecule has 2 radical (unpaired) electrons. The number of aldehydes is 1. The van der Waals surface area contributed by atoms with E-state index < -0.39 is 8.32 Å². The van der Waals surface area contributed by atoms with Crippen molar-refractivity contribution in [3.63, 3.8) is 0 Å². The van der Waals surface area contributed by atoms with E-state index in [9.17, 15) is 9.59 Å². The van der Waals surface area contributed by atoms with Crippen LogP contribution in [-0.2, 0) is 4.79 Å². The van der Waals surface area contributed by atoms with Crippen molar-refractivity contribution in [2.45, 2.75) is 57.3 Å². The van der Waals surface area contributed by atoms with Gasteiger partial charge in [-0.25, -0.2) is 0 Å². The van der Waals surface area contributed by atoms with Gasteiger partial charge in [-0.1, -0.05) is 13.8 Å². The Hall–Kier alpha value is -0.128. The van der Waals surface area contributed by atoms with Crippen molar-refractivity contribution in [1.29, 1.82) is 0 Å². The first-order chi connectivity index (χ1) is 7.69. The molecule has 0 bridgehead atoms. The van der Waals surface area contributed by atoms with Crippen LogP contribution in [0.2, 0.25) is 18.1 Å². The predicted octanol–water partition coefficient (Wildman–Crippen LogP) is 1.72. The number of carbonyl (C=O) groups excluding carboxylic acids is 1. The Bertz CT molecular complexity index is 278. The highest BCUT2D eigenvalue weighted by atomic mass is 28.4. The van der Waals surface area contributed by atoms with E-state index >= 15 is 0 Å². The lowest BCUT2D eigenvalue weighted by Crippen LogP contribution is -2.48. The summed E-state index contributed by atoms with van der Waals surface area (Å²) in [7, 11) is 3.65. The minimum Gasteiger partial charge on any atom is -0.432 e. The number of hydrogen-bond donors (Lipinski definition) is 1. The van der Waals surface area contributed by atoms with E-state index in [1.807, 2.05) is 13.1 Å². The van der Waals surface area contributed by atoms with Crippen molar-refractivity contribution in [1.82, 2.24) is 4.81 Å². The molecule has 0 saturated carbocycles. The quantitative estimate of drug-likeness (QED) is 0.612. The molecule has 0 aromatic rings. The molecular weight excluding hydrogens is 229 g/mol. The molecule has 1 heterocycles.